The summed E-state index contributed by atoms with van der Waals surface area (Å²) in [6.07, 6.45) is 0.762. The van der Waals surface area contributed by atoms with Crippen LogP contribution in [-0.2, 0) is 6.54 Å². The molecule has 8 nitrogen and oxygen atoms in total. The Morgan fingerprint density at radius 2 is 2.26 bits per heavy atom. The van der Waals surface area contributed by atoms with E-state index >= 15 is 0 Å². The first-order valence-corrected chi connectivity index (χ1v) is 5.88. The number of aryl methyl sites for hydroxylation is 2. The van der Waals surface area contributed by atoms with Crippen LogP contribution < -0.4 is 10.9 Å². The summed E-state index contributed by atoms with van der Waals surface area (Å²) in [5.41, 5.74) is -0.0809. The minimum Gasteiger partial charge on any atom is -0.288 e. The van der Waals surface area contributed by atoms with E-state index in [9.17, 15) is 9.59 Å². The Morgan fingerprint density at radius 1 is 1.47 bits per heavy atom. The smallest absolute Gasteiger partial charge is 0.278 e. The molecule has 0 spiro atoms. The molecule has 0 unspecified atom stereocenters. The zero-order chi connectivity index (χ0) is 13.8. The Labute approximate surface area is 108 Å². The maximum atomic E-state index is 11.9. The largest absolute Gasteiger partial charge is 0.288 e. The Kier molecular flexibility index (Phi) is 3.69. The third-order valence-electron chi connectivity index (χ3n) is 2.36. The van der Waals surface area contributed by atoms with Crippen LogP contribution in [0.25, 0.3) is 0 Å². The van der Waals surface area contributed by atoms with Gasteiger partial charge in [0.2, 0.25) is 5.95 Å². The zero-order valence-corrected chi connectivity index (χ0v) is 10.7. The molecule has 2 heterocycles. The highest BCUT2D eigenvalue weighted by Gasteiger charge is 2.11. The minimum atomic E-state index is -0.455. The third-order valence-corrected chi connectivity index (χ3v) is 2.36. The quantitative estimate of drug-likeness (QED) is 0.826. The van der Waals surface area contributed by atoms with Crippen LogP contribution in [0, 0.1) is 6.92 Å². The number of H-pyrrole nitrogens is 1. The lowest BCUT2D eigenvalue weighted by molar-refractivity contribution is 0.101. The van der Waals surface area contributed by atoms with Crippen molar-refractivity contribution in [3.63, 3.8) is 0 Å². The lowest BCUT2D eigenvalue weighted by Crippen LogP contribution is -2.26. The summed E-state index contributed by atoms with van der Waals surface area (Å²) in [5.74, 6) is 0.320. The molecule has 0 aliphatic heterocycles. The molecular weight excluding hydrogens is 248 g/mol. The van der Waals surface area contributed by atoms with Crippen molar-refractivity contribution in [1.82, 2.24) is 25.0 Å². The second kappa shape index (κ2) is 5.42. The molecule has 2 aromatic heterocycles. The van der Waals surface area contributed by atoms with E-state index in [1.165, 1.54) is 16.8 Å². The summed E-state index contributed by atoms with van der Waals surface area (Å²) in [7, 11) is 0. The van der Waals surface area contributed by atoms with Gasteiger partial charge < -0.3 is 0 Å². The molecule has 1 amide bonds. The molecule has 8 heteroatoms. The summed E-state index contributed by atoms with van der Waals surface area (Å²) < 4.78 is 1.26. The summed E-state index contributed by atoms with van der Waals surface area (Å²) in [6, 6.07) is 2.70. The highest BCUT2D eigenvalue weighted by molar-refractivity contribution is 6.01. The fourth-order valence-electron chi connectivity index (χ4n) is 1.51. The Balaban J connectivity index is 2.19. The number of aromatic amines is 1. The molecular formula is C11H14N6O2. The standard InChI is InChI=1S/C11H14N6O2/c1-3-6-17-9(18)5-4-8(16-17)10(19)13-11-12-7(2)14-15-11/h4-5H,3,6H2,1-2H3,(H2,12,13,14,15,19). The molecule has 0 aliphatic carbocycles. The maximum absolute atomic E-state index is 11.9. The SMILES string of the molecule is CCCn1nc(C(=O)Nc2n[nH]c(C)n2)ccc1=O. The molecule has 19 heavy (non-hydrogen) atoms. The normalized spacial score (nSPS) is 10.4. The molecule has 0 saturated heterocycles. The molecule has 0 aliphatic rings. The van der Waals surface area contributed by atoms with Crippen molar-refractivity contribution in [2.45, 2.75) is 26.8 Å². The Hall–Kier alpha value is -2.51. The maximum Gasteiger partial charge on any atom is 0.278 e. The van der Waals surface area contributed by atoms with Crippen LogP contribution in [0.2, 0.25) is 0 Å². The fraction of sp³-hybridized carbons (Fsp3) is 0.364. The van der Waals surface area contributed by atoms with E-state index in [0.29, 0.717) is 12.4 Å². The topological polar surface area (TPSA) is 106 Å². The van der Waals surface area contributed by atoms with Crippen molar-refractivity contribution >= 4 is 11.9 Å². The van der Waals surface area contributed by atoms with Crippen molar-refractivity contribution < 1.29 is 4.79 Å². The number of rotatable bonds is 4. The van der Waals surface area contributed by atoms with Gasteiger partial charge in [-0.05, 0) is 19.4 Å². The van der Waals surface area contributed by atoms with Crippen molar-refractivity contribution in [2.24, 2.45) is 0 Å². The number of nitrogens with zero attached hydrogens (tertiary/aromatic N) is 4. The fourth-order valence-corrected chi connectivity index (χ4v) is 1.51. The van der Waals surface area contributed by atoms with E-state index in [0.717, 1.165) is 6.42 Å². The molecule has 0 radical (unpaired) electrons. The van der Waals surface area contributed by atoms with Gasteiger partial charge in [0, 0.05) is 12.6 Å². The van der Waals surface area contributed by atoms with Crippen LogP contribution in [0.5, 0.6) is 0 Å². The summed E-state index contributed by atoms with van der Waals surface area (Å²) in [5, 5.41) is 12.9. The second-order valence-electron chi connectivity index (χ2n) is 3.98. The van der Waals surface area contributed by atoms with Crippen LogP contribution in [0.1, 0.15) is 29.7 Å². The van der Waals surface area contributed by atoms with Crippen molar-refractivity contribution in [3.8, 4) is 0 Å². The van der Waals surface area contributed by atoms with Crippen LogP contribution >= 0.6 is 0 Å². The van der Waals surface area contributed by atoms with Crippen molar-refractivity contribution in [1.29, 1.82) is 0 Å². The van der Waals surface area contributed by atoms with Gasteiger partial charge in [0.15, 0.2) is 0 Å². The first-order valence-electron chi connectivity index (χ1n) is 5.88. The van der Waals surface area contributed by atoms with Gasteiger partial charge in [0.25, 0.3) is 11.5 Å². The number of carbonyl (C=O) groups is 1. The molecule has 0 saturated carbocycles. The summed E-state index contributed by atoms with van der Waals surface area (Å²) in [4.78, 5) is 27.4. The molecule has 0 atom stereocenters. The Bertz CT molecular complexity index is 645. The molecule has 100 valence electrons. The lowest BCUT2D eigenvalue weighted by atomic mass is 10.3. The number of nitrogens with one attached hydrogen (secondary N) is 2. The average Bonchev–Trinajstić information content (AvgIpc) is 2.77. The van der Waals surface area contributed by atoms with Crippen LogP contribution in [0.4, 0.5) is 5.95 Å². The number of hydrogen-bond donors (Lipinski definition) is 2. The van der Waals surface area contributed by atoms with E-state index in [-0.39, 0.29) is 17.2 Å². The predicted molar refractivity (Wildman–Crippen MR) is 67.9 cm³/mol. The zero-order valence-electron chi connectivity index (χ0n) is 10.7. The highest BCUT2D eigenvalue weighted by atomic mass is 16.2. The van der Waals surface area contributed by atoms with Crippen molar-refractivity contribution in [3.05, 3.63) is 34.0 Å². The number of hydrogen-bond acceptors (Lipinski definition) is 5. The van der Waals surface area contributed by atoms with E-state index in [4.69, 9.17) is 0 Å². The molecule has 2 N–H and O–H groups in total. The van der Waals surface area contributed by atoms with E-state index in [1.807, 2.05) is 6.92 Å². The van der Waals surface area contributed by atoms with Gasteiger partial charge in [-0.15, -0.1) is 5.10 Å². The van der Waals surface area contributed by atoms with Crippen LogP contribution in [-0.4, -0.2) is 30.9 Å². The third kappa shape index (κ3) is 3.03. The molecule has 2 rings (SSSR count). The van der Waals surface area contributed by atoms with E-state index in [2.05, 4.69) is 25.6 Å². The number of carbonyl (C=O) groups excluding carboxylic acids is 1. The number of aromatic nitrogens is 5. The highest BCUT2D eigenvalue weighted by Crippen LogP contribution is 2.00. The predicted octanol–water partition coefficient (Wildman–Crippen LogP) is 0.332. The van der Waals surface area contributed by atoms with Crippen LogP contribution in [0.15, 0.2) is 16.9 Å². The number of amides is 1. The van der Waals surface area contributed by atoms with Gasteiger partial charge in [0.05, 0.1) is 0 Å². The number of anilines is 1. The second-order valence-corrected chi connectivity index (χ2v) is 3.98. The summed E-state index contributed by atoms with van der Waals surface area (Å²) in [6.45, 7) is 4.12. The molecule has 0 bridgehead atoms. The average molecular weight is 262 g/mol. The lowest BCUT2D eigenvalue weighted by Gasteiger charge is -2.04. The van der Waals surface area contributed by atoms with Gasteiger partial charge in [0.1, 0.15) is 11.5 Å². The monoisotopic (exact) mass is 262 g/mol. The van der Waals surface area contributed by atoms with Gasteiger partial charge in [-0.25, -0.2) is 4.68 Å². The molecule has 0 fully saturated rings. The first kappa shape index (κ1) is 12.9. The minimum absolute atomic E-state index is 0.149. The first-order chi connectivity index (χ1) is 9.10. The van der Waals surface area contributed by atoms with Gasteiger partial charge in [-0.1, -0.05) is 6.92 Å². The molecule has 2 aromatic rings. The van der Waals surface area contributed by atoms with E-state index in [1.54, 1.807) is 6.92 Å². The van der Waals surface area contributed by atoms with Gasteiger partial charge in [-0.3, -0.25) is 20.0 Å². The summed E-state index contributed by atoms with van der Waals surface area (Å²) >= 11 is 0. The van der Waals surface area contributed by atoms with Crippen molar-refractivity contribution in [2.75, 3.05) is 5.32 Å². The van der Waals surface area contributed by atoms with E-state index < -0.39 is 5.91 Å². The van der Waals surface area contributed by atoms with Crippen LogP contribution in [0.3, 0.4) is 0 Å². The Morgan fingerprint density at radius 3 is 2.89 bits per heavy atom. The van der Waals surface area contributed by atoms with Gasteiger partial charge >= 0.3 is 0 Å². The van der Waals surface area contributed by atoms with Gasteiger partial charge in [-0.2, -0.15) is 10.1 Å². The molecule has 0 aromatic carbocycles.